The Morgan fingerprint density at radius 2 is 2.00 bits per heavy atom. The lowest BCUT2D eigenvalue weighted by molar-refractivity contribution is -0.152. The summed E-state index contributed by atoms with van der Waals surface area (Å²) in [4.78, 5) is 29.5. The minimum Gasteiger partial charge on any atom is -0.461 e. The third-order valence-corrected chi connectivity index (χ3v) is 6.32. The summed E-state index contributed by atoms with van der Waals surface area (Å²) in [5.74, 6) is 0.543. The molecule has 4 rings (SSSR count). The highest BCUT2D eigenvalue weighted by Crippen LogP contribution is 2.25. The van der Waals surface area contributed by atoms with Crippen LogP contribution in [0.5, 0.6) is 0 Å². The quantitative estimate of drug-likeness (QED) is 0.529. The summed E-state index contributed by atoms with van der Waals surface area (Å²) >= 11 is 0. The van der Waals surface area contributed by atoms with Gasteiger partial charge in [0.05, 0.1) is 17.6 Å². The van der Waals surface area contributed by atoms with E-state index in [1.165, 1.54) is 0 Å². The normalized spacial score (nSPS) is 15.3. The van der Waals surface area contributed by atoms with Crippen LogP contribution in [0.2, 0.25) is 0 Å². The van der Waals surface area contributed by atoms with Crippen LogP contribution in [0.3, 0.4) is 0 Å². The van der Waals surface area contributed by atoms with Crippen molar-refractivity contribution in [3.63, 3.8) is 0 Å². The molecule has 1 fully saturated rings. The van der Waals surface area contributed by atoms with Crippen LogP contribution < -0.4 is 10.9 Å². The van der Waals surface area contributed by atoms with Gasteiger partial charge in [-0.05, 0) is 56.4 Å². The minimum absolute atomic E-state index is 0.0112. The lowest BCUT2D eigenvalue weighted by Crippen LogP contribution is -2.42. The average molecular weight is 453 g/mol. The molecule has 1 aliphatic rings. The third kappa shape index (κ3) is 5.02. The fraction of sp³-hybridized carbons (Fsp3) is 0.480. The molecular formula is C25H32N4O4. The molecule has 33 heavy (non-hydrogen) atoms. The predicted octanol–water partition coefficient (Wildman–Crippen LogP) is 2.84. The van der Waals surface area contributed by atoms with Crippen LogP contribution >= 0.6 is 0 Å². The van der Waals surface area contributed by atoms with Gasteiger partial charge in [0.25, 0.3) is 5.56 Å². The molecule has 0 bridgehead atoms. The van der Waals surface area contributed by atoms with E-state index in [0.29, 0.717) is 12.1 Å². The number of benzene rings is 1. The summed E-state index contributed by atoms with van der Waals surface area (Å²) in [5.41, 5.74) is 4.43. The molecule has 0 aliphatic heterocycles. The van der Waals surface area contributed by atoms with Gasteiger partial charge in [-0.25, -0.2) is 4.98 Å². The highest BCUT2D eigenvalue weighted by molar-refractivity contribution is 5.81. The molecule has 8 heteroatoms. The monoisotopic (exact) mass is 452 g/mol. The molecule has 0 saturated heterocycles. The Bertz CT molecular complexity index is 1180. The van der Waals surface area contributed by atoms with Crippen LogP contribution in [0.1, 0.15) is 36.8 Å². The van der Waals surface area contributed by atoms with Crippen molar-refractivity contribution in [3.8, 4) is 11.4 Å². The predicted molar refractivity (Wildman–Crippen MR) is 127 cm³/mol. The summed E-state index contributed by atoms with van der Waals surface area (Å²) in [6, 6.07) is 7.43. The Morgan fingerprint density at radius 3 is 2.70 bits per heavy atom. The van der Waals surface area contributed by atoms with E-state index in [1.54, 1.807) is 18.7 Å². The van der Waals surface area contributed by atoms with Crippen LogP contribution in [0, 0.1) is 6.92 Å². The van der Waals surface area contributed by atoms with E-state index in [1.807, 2.05) is 49.0 Å². The van der Waals surface area contributed by atoms with Gasteiger partial charge in [0.15, 0.2) is 0 Å². The number of rotatable bonds is 8. The van der Waals surface area contributed by atoms with E-state index >= 15 is 0 Å². The maximum absolute atomic E-state index is 12.6. The van der Waals surface area contributed by atoms with Crippen LogP contribution in [-0.4, -0.2) is 45.9 Å². The number of carbonyl (C=O) groups excluding carboxylic acids is 1. The van der Waals surface area contributed by atoms with Crippen LogP contribution in [-0.2, 0) is 34.9 Å². The summed E-state index contributed by atoms with van der Waals surface area (Å²) < 4.78 is 14.5. The van der Waals surface area contributed by atoms with Gasteiger partial charge in [-0.15, -0.1) is 0 Å². The van der Waals surface area contributed by atoms with E-state index in [0.717, 1.165) is 53.7 Å². The van der Waals surface area contributed by atoms with Crippen molar-refractivity contribution >= 4 is 17.0 Å². The highest BCUT2D eigenvalue weighted by Gasteiger charge is 2.25. The lowest BCUT2D eigenvalue weighted by atomic mass is 10.2. The van der Waals surface area contributed by atoms with Crippen LogP contribution in [0.15, 0.2) is 35.3 Å². The molecule has 0 radical (unpaired) electrons. The summed E-state index contributed by atoms with van der Waals surface area (Å²) in [6.07, 6.45) is 5.96. The van der Waals surface area contributed by atoms with Gasteiger partial charge in [0, 0.05) is 45.1 Å². The van der Waals surface area contributed by atoms with Gasteiger partial charge in [-0.3, -0.25) is 14.9 Å². The molecular weight excluding hydrogens is 420 g/mol. The molecule has 3 aromatic rings. The first-order valence-corrected chi connectivity index (χ1v) is 11.4. The van der Waals surface area contributed by atoms with Gasteiger partial charge in [-0.2, -0.15) is 0 Å². The van der Waals surface area contributed by atoms with Gasteiger partial charge in [0.2, 0.25) is 0 Å². The summed E-state index contributed by atoms with van der Waals surface area (Å²) in [5, 5.41) is 3.28. The Balaban J connectivity index is 1.51. The van der Waals surface area contributed by atoms with Gasteiger partial charge >= 0.3 is 5.97 Å². The molecule has 176 valence electrons. The standard InChI is InChI=1S/C25H32N4O4/c1-16-11-18(14-28(2)24(16)30)23-27-20-12-17(9-10-22(20)29(23)3)13-26-21(15-32-4)25(31)33-19-7-5-6-8-19/h9-12,14,19,21,26H,5-8,13,15H2,1-4H3. The zero-order chi connectivity index (χ0) is 23.5. The van der Waals surface area contributed by atoms with E-state index < -0.39 is 6.04 Å². The highest BCUT2D eigenvalue weighted by atomic mass is 16.5. The Hall–Kier alpha value is -2.97. The van der Waals surface area contributed by atoms with E-state index in [4.69, 9.17) is 14.5 Å². The maximum atomic E-state index is 12.6. The molecule has 2 heterocycles. The number of fused-ring (bicyclic) bond motifs is 1. The van der Waals surface area contributed by atoms with Gasteiger partial charge in [-0.1, -0.05) is 6.07 Å². The first-order valence-electron chi connectivity index (χ1n) is 11.4. The Morgan fingerprint density at radius 1 is 1.24 bits per heavy atom. The first-order chi connectivity index (χ1) is 15.9. The maximum Gasteiger partial charge on any atom is 0.325 e. The van der Waals surface area contributed by atoms with Crippen LogP contribution in [0.25, 0.3) is 22.4 Å². The fourth-order valence-electron chi connectivity index (χ4n) is 4.48. The minimum atomic E-state index is -0.515. The fourth-order valence-corrected chi connectivity index (χ4v) is 4.48. The smallest absolute Gasteiger partial charge is 0.325 e. The second-order valence-electron chi connectivity index (χ2n) is 8.88. The van der Waals surface area contributed by atoms with Crippen molar-refractivity contribution in [3.05, 3.63) is 51.9 Å². The number of aromatic nitrogens is 3. The number of methoxy groups -OCH3 is 1. The SMILES string of the molecule is COCC(NCc1ccc2c(c1)nc(-c1cc(C)c(=O)n(C)c1)n2C)C(=O)OC1CCCC1. The van der Waals surface area contributed by atoms with Crippen LogP contribution in [0.4, 0.5) is 0 Å². The number of carbonyl (C=O) groups is 1. The number of hydrogen-bond donors (Lipinski definition) is 1. The molecule has 1 saturated carbocycles. The number of aryl methyl sites for hydroxylation is 3. The molecule has 1 atom stereocenters. The van der Waals surface area contributed by atoms with Crippen molar-refractivity contribution in [2.24, 2.45) is 14.1 Å². The average Bonchev–Trinajstić information content (AvgIpc) is 3.42. The second-order valence-corrected chi connectivity index (χ2v) is 8.88. The third-order valence-electron chi connectivity index (χ3n) is 6.32. The molecule has 0 spiro atoms. The van der Waals surface area contributed by atoms with Crippen molar-refractivity contribution < 1.29 is 14.3 Å². The number of esters is 1. The molecule has 8 nitrogen and oxygen atoms in total. The Kier molecular flexibility index (Phi) is 6.95. The summed E-state index contributed by atoms with van der Waals surface area (Å²) in [6.45, 7) is 2.56. The molecule has 1 N–H and O–H groups in total. The zero-order valence-electron chi connectivity index (χ0n) is 19.8. The number of pyridine rings is 1. The summed E-state index contributed by atoms with van der Waals surface area (Å²) in [7, 11) is 5.30. The lowest BCUT2D eigenvalue weighted by Gasteiger charge is -2.19. The topological polar surface area (TPSA) is 87.4 Å². The molecule has 2 aromatic heterocycles. The van der Waals surface area contributed by atoms with Gasteiger partial charge in [0.1, 0.15) is 18.0 Å². The number of nitrogens with one attached hydrogen (secondary N) is 1. The molecule has 1 unspecified atom stereocenters. The van der Waals surface area contributed by atoms with Crippen molar-refractivity contribution in [2.75, 3.05) is 13.7 Å². The Labute approximate surface area is 193 Å². The second kappa shape index (κ2) is 9.89. The molecule has 0 amide bonds. The van der Waals surface area contributed by atoms with E-state index in [-0.39, 0.29) is 24.2 Å². The van der Waals surface area contributed by atoms with E-state index in [9.17, 15) is 9.59 Å². The van der Waals surface area contributed by atoms with Crippen molar-refractivity contribution in [1.82, 2.24) is 19.4 Å². The number of nitrogens with zero attached hydrogens (tertiary/aromatic N) is 3. The first kappa shape index (κ1) is 23.2. The number of ether oxygens (including phenoxy) is 2. The van der Waals surface area contributed by atoms with Gasteiger partial charge < -0.3 is 18.6 Å². The van der Waals surface area contributed by atoms with Crippen molar-refractivity contribution in [2.45, 2.75) is 51.3 Å². The molecule has 1 aromatic carbocycles. The number of imidazole rings is 1. The zero-order valence-corrected chi connectivity index (χ0v) is 19.8. The number of hydrogen-bond acceptors (Lipinski definition) is 6. The largest absolute Gasteiger partial charge is 0.461 e. The molecule has 1 aliphatic carbocycles. The van der Waals surface area contributed by atoms with E-state index in [2.05, 4.69) is 5.32 Å². The van der Waals surface area contributed by atoms with Crippen molar-refractivity contribution in [1.29, 1.82) is 0 Å².